The van der Waals surface area contributed by atoms with Crippen LogP contribution in [0.25, 0.3) is 0 Å². The van der Waals surface area contributed by atoms with Crippen molar-refractivity contribution >= 4 is 21.6 Å². The molecule has 1 unspecified atom stereocenters. The van der Waals surface area contributed by atoms with Crippen LogP contribution < -0.4 is 5.32 Å². The molecule has 2 nitrogen and oxygen atoms in total. The van der Waals surface area contributed by atoms with E-state index in [0.29, 0.717) is 6.04 Å². The molecule has 1 N–H and O–H groups in total. The van der Waals surface area contributed by atoms with Gasteiger partial charge in [-0.05, 0) is 35.3 Å². The second-order valence-electron chi connectivity index (χ2n) is 2.96. The highest BCUT2D eigenvalue weighted by atomic mass is 79.9. The van der Waals surface area contributed by atoms with E-state index in [1.165, 1.54) is 0 Å². The van der Waals surface area contributed by atoms with Crippen LogP contribution in [-0.4, -0.2) is 11.0 Å². The predicted octanol–water partition coefficient (Wildman–Crippen LogP) is 3.22. The summed E-state index contributed by atoms with van der Waals surface area (Å²) in [5.74, 6) is 0. The van der Waals surface area contributed by atoms with E-state index in [1.807, 2.05) is 18.3 Å². The fraction of sp³-hybridized carbons (Fsp3) is 0.300. The molecule has 0 amide bonds. The zero-order chi connectivity index (χ0) is 9.68. The van der Waals surface area contributed by atoms with Crippen molar-refractivity contribution in [2.45, 2.75) is 19.4 Å². The van der Waals surface area contributed by atoms with Crippen LogP contribution in [0.15, 0.2) is 35.6 Å². The van der Waals surface area contributed by atoms with Gasteiger partial charge < -0.3 is 5.32 Å². The molecular weight excluding hydrogens is 228 g/mol. The van der Waals surface area contributed by atoms with Crippen LogP contribution in [0.2, 0.25) is 0 Å². The Kier molecular flexibility index (Phi) is 3.96. The van der Waals surface area contributed by atoms with Crippen molar-refractivity contribution in [1.82, 2.24) is 4.98 Å². The van der Waals surface area contributed by atoms with Gasteiger partial charge in [0, 0.05) is 16.7 Å². The summed E-state index contributed by atoms with van der Waals surface area (Å²) in [7, 11) is 0. The Bertz CT molecular complexity index is 286. The van der Waals surface area contributed by atoms with Gasteiger partial charge in [0.05, 0.1) is 11.9 Å². The molecule has 0 radical (unpaired) electrons. The van der Waals surface area contributed by atoms with Gasteiger partial charge in [0.1, 0.15) is 0 Å². The molecule has 1 aromatic heterocycles. The Morgan fingerprint density at radius 1 is 1.69 bits per heavy atom. The third kappa shape index (κ3) is 3.59. The zero-order valence-corrected chi connectivity index (χ0v) is 9.21. The molecule has 0 aliphatic heterocycles. The summed E-state index contributed by atoms with van der Waals surface area (Å²) in [6, 6.07) is 2.40. The number of nitrogens with zero attached hydrogens (tertiary/aromatic N) is 1. The molecular formula is C10H13BrN2. The maximum absolute atomic E-state index is 4.06. The fourth-order valence-electron chi connectivity index (χ4n) is 1.08. The molecule has 1 atom stereocenters. The van der Waals surface area contributed by atoms with Gasteiger partial charge in [0.15, 0.2) is 0 Å². The summed E-state index contributed by atoms with van der Waals surface area (Å²) in [5.41, 5.74) is 1.03. The van der Waals surface area contributed by atoms with Gasteiger partial charge in [-0.1, -0.05) is 6.08 Å². The molecule has 1 aromatic rings. The molecule has 0 aliphatic carbocycles. The second kappa shape index (κ2) is 5.02. The van der Waals surface area contributed by atoms with E-state index in [1.54, 1.807) is 6.20 Å². The van der Waals surface area contributed by atoms with Crippen molar-refractivity contribution in [3.8, 4) is 0 Å². The minimum absolute atomic E-state index is 0.397. The number of anilines is 1. The summed E-state index contributed by atoms with van der Waals surface area (Å²) >= 11 is 3.37. The number of hydrogen-bond acceptors (Lipinski definition) is 2. The number of nitrogens with one attached hydrogen (secondary N) is 1. The first kappa shape index (κ1) is 10.3. The van der Waals surface area contributed by atoms with Gasteiger partial charge in [-0.2, -0.15) is 0 Å². The minimum Gasteiger partial charge on any atom is -0.381 e. The quantitative estimate of drug-likeness (QED) is 0.818. The topological polar surface area (TPSA) is 24.9 Å². The molecule has 0 fully saturated rings. The van der Waals surface area contributed by atoms with Crippen molar-refractivity contribution in [2.24, 2.45) is 0 Å². The van der Waals surface area contributed by atoms with Gasteiger partial charge >= 0.3 is 0 Å². The molecule has 0 bridgehead atoms. The van der Waals surface area contributed by atoms with Gasteiger partial charge in [0.25, 0.3) is 0 Å². The van der Waals surface area contributed by atoms with E-state index in [2.05, 4.69) is 39.7 Å². The molecule has 0 saturated heterocycles. The van der Waals surface area contributed by atoms with Crippen molar-refractivity contribution in [3.63, 3.8) is 0 Å². The summed E-state index contributed by atoms with van der Waals surface area (Å²) < 4.78 is 0.989. The standard InChI is InChI=1S/C10H13BrN2/c1-3-4-8(2)13-10-5-9(11)6-12-7-10/h3,5-8,13H,1,4H2,2H3. The number of halogens is 1. The summed E-state index contributed by atoms with van der Waals surface area (Å²) in [4.78, 5) is 4.06. The van der Waals surface area contributed by atoms with Gasteiger partial charge in [-0.25, -0.2) is 0 Å². The maximum atomic E-state index is 4.06. The number of aromatic nitrogens is 1. The lowest BCUT2D eigenvalue weighted by atomic mass is 10.2. The lowest BCUT2D eigenvalue weighted by Gasteiger charge is -2.12. The molecule has 1 heterocycles. The first-order chi connectivity index (χ1) is 6.22. The van der Waals surface area contributed by atoms with Crippen molar-refractivity contribution in [3.05, 3.63) is 35.6 Å². The van der Waals surface area contributed by atoms with Crippen LogP contribution in [0.1, 0.15) is 13.3 Å². The Hall–Kier alpha value is -0.830. The Balaban J connectivity index is 2.58. The van der Waals surface area contributed by atoms with Crippen molar-refractivity contribution < 1.29 is 0 Å². The number of hydrogen-bond donors (Lipinski definition) is 1. The zero-order valence-electron chi connectivity index (χ0n) is 7.63. The summed E-state index contributed by atoms with van der Waals surface area (Å²) in [6.45, 7) is 5.81. The fourth-order valence-corrected chi connectivity index (χ4v) is 1.45. The maximum Gasteiger partial charge on any atom is 0.0540 e. The number of rotatable bonds is 4. The van der Waals surface area contributed by atoms with Crippen LogP contribution in [0.5, 0.6) is 0 Å². The Labute approximate surface area is 87.2 Å². The van der Waals surface area contributed by atoms with Crippen LogP contribution in [0.4, 0.5) is 5.69 Å². The van der Waals surface area contributed by atoms with E-state index >= 15 is 0 Å². The minimum atomic E-state index is 0.397. The van der Waals surface area contributed by atoms with Crippen LogP contribution in [0.3, 0.4) is 0 Å². The highest BCUT2D eigenvalue weighted by Gasteiger charge is 1.99. The van der Waals surface area contributed by atoms with E-state index < -0.39 is 0 Å². The molecule has 0 aromatic carbocycles. The molecule has 70 valence electrons. The van der Waals surface area contributed by atoms with E-state index in [4.69, 9.17) is 0 Å². The Morgan fingerprint density at radius 3 is 3.08 bits per heavy atom. The molecule has 0 aliphatic rings. The van der Waals surface area contributed by atoms with Crippen molar-refractivity contribution in [2.75, 3.05) is 5.32 Å². The third-order valence-electron chi connectivity index (χ3n) is 1.64. The summed E-state index contributed by atoms with van der Waals surface area (Å²) in [6.07, 6.45) is 6.43. The first-order valence-electron chi connectivity index (χ1n) is 4.20. The second-order valence-corrected chi connectivity index (χ2v) is 3.88. The van der Waals surface area contributed by atoms with Crippen LogP contribution >= 0.6 is 15.9 Å². The molecule has 1 rings (SSSR count). The third-order valence-corrected chi connectivity index (χ3v) is 2.07. The van der Waals surface area contributed by atoms with Gasteiger partial charge in [0.2, 0.25) is 0 Å². The Morgan fingerprint density at radius 2 is 2.46 bits per heavy atom. The lowest BCUT2D eigenvalue weighted by Crippen LogP contribution is -2.13. The molecule has 0 spiro atoms. The number of pyridine rings is 1. The van der Waals surface area contributed by atoms with Gasteiger partial charge in [-0.15, -0.1) is 6.58 Å². The van der Waals surface area contributed by atoms with Crippen molar-refractivity contribution in [1.29, 1.82) is 0 Å². The largest absolute Gasteiger partial charge is 0.381 e. The molecule has 0 saturated carbocycles. The monoisotopic (exact) mass is 240 g/mol. The molecule has 13 heavy (non-hydrogen) atoms. The van der Waals surface area contributed by atoms with Gasteiger partial charge in [-0.3, -0.25) is 4.98 Å². The SMILES string of the molecule is C=CCC(C)Nc1cncc(Br)c1. The predicted molar refractivity (Wildman–Crippen MR) is 59.8 cm³/mol. The lowest BCUT2D eigenvalue weighted by molar-refractivity contribution is 0.813. The van der Waals surface area contributed by atoms with Crippen LogP contribution in [0, 0.1) is 0 Å². The van der Waals surface area contributed by atoms with E-state index in [9.17, 15) is 0 Å². The highest BCUT2D eigenvalue weighted by Crippen LogP contribution is 2.14. The molecule has 3 heteroatoms. The van der Waals surface area contributed by atoms with E-state index in [-0.39, 0.29) is 0 Å². The first-order valence-corrected chi connectivity index (χ1v) is 4.99. The highest BCUT2D eigenvalue weighted by molar-refractivity contribution is 9.10. The smallest absolute Gasteiger partial charge is 0.0540 e. The van der Waals surface area contributed by atoms with Crippen LogP contribution in [-0.2, 0) is 0 Å². The van der Waals surface area contributed by atoms with E-state index in [0.717, 1.165) is 16.6 Å². The average molecular weight is 241 g/mol. The summed E-state index contributed by atoms with van der Waals surface area (Å²) in [5, 5.41) is 3.32. The normalized spacial score (nSPS) is 12.2. The average Bonchev–Trinajstić information content (AvgIpc) is 2.04.